The van der Waals surface area contributed by atoms with Gasteiger partial charge in [0.1, 0.15) is 5.75 Å². The molecule has 3 nitrogen and oxygen atoms in total. The molecule has 0 saturated carbocycles. The quantitative estimate of drug-likeness (QED) is 0.721. The summed E-state index contributed by atoms with van der Waals surface area (Å²) in [5.74, 6) is 0.0946. The van der Waals surface area contributed by atoms with Crippen molar-refractivity contribution in [3.63, 3.8) is 0 Å². The van der Waals surface area contributed by atoms with Crippen LogP contribution in [-0.2, 0) is 6.42 Å². The summed E-state index contributed by atoms with van der Waals surface area (Å²) in [6.07, 6.45) is 2.10. The van der Waals surface area contributed by atoms with Crippen LogP contribution in [0.15, 0.2) is 66.9 Å². The lowest BCUT2D eigenvalue weighted by Gasteiger charge is -2.19. The van der Waals surface area contributed by atoms with Gasteiger partial charge in [-0.2, -0.15) is 0 Å². The minimum absolute atomic E-state index is 0.0243. The molecular formula is C22H23NO2. The average Bonchev–Trinajstić information content (AvgIpc) is 2.95. The molecule has 3 heteroatoms. The lowest BCUT2D eigenvalue weighted by molar-refractivity contribution is 0.0763. The largest absolute Gasteiger partial charge is 0.506 e. The highest BCUT2D eigenvalue weighted by atomic mass is 16.3. The van der Waals surface area contributed by atoms with E-state index in [0.717, 1.165) is 16.8 Å². The number of rotatable bonds is 3. The highest BCUT2D eigenvalue weighted by molar-refractivity contribution is 5.85. The molecule has 128 valence electrons. The van der Waals surface area contributed by atoms with Gasteiger partial charge >= 0.3 is 0 Å². The topological polar surface area (TPSA) is 42.2 Å². The van der Waals surface area contributed by atoms with Crippen molar-refractivity contribution in [2.24, 2.45) is 5.41 Å². The summed E-state index contributed by atoms with van der Waals surface area (Å²) in [5, 5.41) is 9.85. The molecule has 0 unspecified atom stereocenters. The summed E-state index contributed by atoms with van der Waals surface area (Å²) in [6.45, 7) is 5.64. The van der Waals surface area contributed by atoms with Crippen LogP contribution in [0.1, 0.15) is 36.8 Å². The van der Waals surface area contributed by atoms with Crippen LogP contribution in [0.25, 0.3) is 11.1 Å². The zero-order valence-electron chi connectivity index (χ0n) is 14.9. The Kier molecular flexibility index (Phi) is 4.49. The minimum atomic E-state index is -0.503. The molecule has 0 aliphatic rings. The fraction of sp³-hybridized carbons (Fsp3) is 0.227. The van der Waals surface area contributed by atoms with Gasteiger partial charge in [-0.15, -0.1) is 0 Å². The maximum absolute atomic E-state index is 12.6. The first-order valence-corrected chi connectivity index (χ1v) is 8.44. The van der Waals surface area contributed by atoms with Gasteiger partial charge in [0.15, 0.2) is 0 Å². The van der Waals surface area contributed by atoms with Crippen LogP contribution in [0, 0.1) is 5.41 Å². The number of aromatic nitrogens is 1. The number of hydrogen-bond donors (Lipinski definition) is 1. The Morgan fingerprint density at radius 3 is 2.16 bits per heavy atom. The van der Waals surface area contributed by atoms with Gasteiger partial charge in [0.2, 0.25) is 5.91 Å². The van der Waals surface area contributed by atoms with Crippen LogP contribution >= 0.6 is 0 Å². The van der Waals surface area contributed by atoms with Gasteiger partial charge in [-0.1, -0.05) is 75.4 Å². The molecule has 0 bridgehead atoms. The molecule has 0 fully saturated rings. The maximum Gasteiger partial charge on any atom is 0.236 e. The first kappa shape index (κ1) is 17.0. The van der Waals surface area contributed by atoms with Gasteiger partial charge in [0.05, 0.1) is 6.20 Å². The molecule has 3 rings (SSSR count). The van der Waals surface area contributed by atoms with E-state index >= 15 is 0 Å². The number of benzene rings is 2. The van der Waals surface area contributed by atoms with Crippen LogP contribution in [0.3, 0.4) is 0 Å². The van der Waals surface area contributed by atoms with Crippen molar-refractivity contribution in [2.75, 3.05) is 0 Å². The fourth-order valence-electron chi connectivity index (χ4n) is 2.83. The van der Waals surface area contributed by atoms with E-state index in [-0.39, 0.29) is 11.7 Å². The van der Waals surface area contributed by atoms with E-state index in [1.165, 1.54) is 11.8 Å². The zero-order chi connectivity index (χ0) is 18.0. The minimum Gasteiger partial charge on any atom is -0.506 e. The Hall–Kier alpha value is -2.81. The number of carbonyl (C=O) groups excluding carboxylic acids is 1. The third-order valence-corrected chi connectivity index (χ3v) is 4.19. The summed E-state index contributed by atoms with van der Waals surface area (Å²) in [4.78, 5) is 12.6. The van der Waals surface area contributed by atoms with Gasteiger partial charge < -0.3 is 5.11 Å². The van der Waals surface area contributed by atoms with Crippen LogP contribution < -0.4 is 0 Å². The Balaban J connectivity index is 1.85. The first-order valence-electron chi connectivity index (χ1n) is 8.44. The summed E-state index contributed by atoms with van der Waals surface area (Å²) >= 11 is 0. The van der Waals surface area contributed by atoms with Gasteiger partial charge in [-0.25, -0.2) is 0 Å². The van der Waals surface area contributed by atoms with Gasteiger partial charge in [0.25, 0.3) is 0 Å². The highest BCUT2D eigenvalue weighted by Gasteiger charge is 2.25. The Labute approximate surface area is 148 Å². The standard InChI is InChI=1S/C22H23NO2/c1-22(2,3)21(25)23-15-20(24)14-19(23)13-16-9-11-18(12-10-16)17-7-5-4-6-8-17/h4-12,14-15,24H,13H2,1-3H3. The predicted octanol–water partition coefficient (Wildman–Crippen LogP) is 5.14. The normalized spacial score (nSPS) is 11.5. The molecule has 0 atom stereocenters. The molecule has 0 radical (unpaired) electrons. The molecule has 0 aliphatic heterocycles. The van der Waals surface area contributed by atoms with E-state index in [1.54, 1.807) is 10.6 Å². The van der Waals surface area contributed by atoms with Gasteiger partial charge in [-0.05, 0) is 16.7 Å². The summed E-state index contributed by atoms with van der Waals surface area (Å²) < 4.78 is 1.57. The lowest BCUT2D eigenvalue weighted by Crippen LogP contribution is -2.27. The second-order valence-electron chi connectivity index (χ2n) is 7.35. The molecule has 0 spiro atoms. The van der Waals surface area contributed by atoms with Crippen molar-refractivity contribution in [3.05, 3.63) is 78.1 Å². The van der Waals surface area contributed by atoms with E-state index < -0.39 is 5.41 Å². The highest BCUT2D eigenvalue weighted by Crippen LogP contribution is 2.25. The van der Waals surface area contributed by atoms with Crippen molar-refractivity contribution < 1.29 is 9.90 Å². The van der Waals surface area contributed by atoms with Crippen molar-refractivity contribution in [3.8, 4) is 16.9 Å². The molecule has 0 aliphatic carbocycles. The number of nitrogens with zero attached hydrogens (tertiary/aromatic N) is 1. The zero-order valence-corrected chi connectivity index (χ0v) is 14.9. The Morgan fingerprint density at radius 2 is 1.56 bits per heavy atom. The molecule has 3 aromatic rings. The summed E-state index contributed by atoms with van der Waals surface area (Å²) in [5.41, 5.74) is 3.73. The fourth-order valence-corrected chi connectivity index (χ4v) is 2.83. The number of hydrogen-bond acceptors (Lipinski definition) is 2. The molecule has 1 heterocycles. The van der Waals surface area contributed by atoms with Crippen molar-refractivity contribution in [2.45, 2.75) is 27.2 Å². The lowest BCUT2D eigenvalue weighted by atomic mass is 9.95. The maximum atomic E-state index is 12.6. The van der Waals surface area contributed by atoms with Gasteiger partial charge in [0, 0.05) is 23.6 Å². The average molecular weight is 333 g/mol. The molecule has 0 amide bonds. The van der Waals surface area contributed by atoms with Crippen LogP contribution in [-0.4, -0.2) is 15.6 Å². The number of carbonyl (C=O) groups is 1. The van der Waals surface area contributed by atoms with Crippen LogP contribution in [0.2, 0.25) is 0 Å². The molecule has 0 saturated heterocycles. The molecule has 2 aromatic carbocycles. The molecule has 1 N–H and O–H groups in total. The van der Waals surface area contributed by atoms with E-state index in [4.69, 9.17) is 0 Å². The second-order valence-corrected chi connectivity index (χ2v) is 7.35. The van der Waals surface area contributed by atoms with Crippen LogP contribution in [0.4, 0.5) is 0 Å². The smallest absolute Gasteiger partial charge is 0.236 e. The van der Waals surface area contributed by atoms with E-state index in [2.05, 4.69) is 36.4 Å². The summed E-state index contributed by atoms with van der Waals surface area (Å²) in [7, 11) is 0. The molecular weight excluding hydrogens is 310 g/mol. The molecule has 25 heavy (non-hydrogen) atoms. The second kappa shape index (κ2) is 6.60. The van der Waals surface area contributed by atoms with Crippen molar-refractivity contribution >= 4 is 5.91 Å². The Morgan fingerprint density at radius 1 is 0.960 bits per heavy atom. The predicted molar refractivity (Wildman–Crippen MR) is 101 cm³/mol. The van der Waals surface area contributed by atoms with Gasteiger partial charge in [-0.3, -0.25) is 9.36 Å². The van der Waals surface area contributed by atoms with Crippen molar-refractivity contribution in [1.82, 2.24) is 4.57 Å². The van der Waals surface area contributed by atoms with E-state index in [9.17, 15) is 9.90 Å². The van der Waals surface area contributed by atoms with E-state index in [1.807, 2.05) is 39.0 Å². The SMILES string of the molecule is CC(C)(C)C(=O)n1cc(O)cc1Cc1ccc(-c2ccccc2)cc1. The third-order valence-electron chi connectivity index (χ3n) is 4.19. The third kappa shape index (κ3) is 3.82. The monoisotopic (exact) mass is 333 g/mol. The van der Waals surface area contributed by atoms with Crippen LogP contribution in [0.5, 0.6) is 5.75 Å². The van der Waals surface area contributed by atoms with Crippen molar-refractivity contribution in [1.29, 1.82) is 0 Å². The first-order chi connectivity index (χ1) is 11.8. The Bertz CT molecular complexity index is 869. The van der Waals surface area contributed by atoms with E-state index in [0.29, 0.717) is 6.42 Å². The number of aromatic hydroxyl groups is 1. The molecule has 1 aromatic heterocycles. The summed E-state index contributed by atoms with van der Waals surface area (Å²) in [6, 6.07) is 20.2.